The number of aryl methyl sites for hydroxylation is 2. The van der Waals surface area contributed by atoms with E-state index in [1.165, 1.54) is 4.90 Å². The summed E-state index contributed by atoms with van der Waals surface area (Å²) in [5.74, 6) is -0.833. The summed E-state index contributed by atoms with van der Waals surface area (Å²) in [4.78, 5) is 26.8. The third kappa shape index (κ3) is 4.14. The molecule has 0 radical (unpaired) electrons. The highest BCUT2D eigenvalue weighted by Crippen LogP contribution is 2.33. The number of carbonyl (C=O) groups is 2. The van der Waals surface area contributed by atoms with E-state index in [-0.39, 0.29) is 12.3 Å². The molecule has 1 heterocycles. The van der Waals surface area contributed by atoms with Crippen molar-refractivity contribution < 1.29 is 18.7 Å². The van der Waals surface area contributed by atoms with Gasteiger partial charge < -0.3 is 14.1 Å². The molecule has 154 valence electrons. The maximum Gasteiger partial charge on any atom is 0.311 e. The molecule has 0 bridgehead atoms. The lowest BCUT2D eigenvalue weighted by atomic mass is 9.81. The van der Waals surface area contributed by atoms with Gasteiger partial charge in [-0.15, -0.1) is 0 Å². The molecule has 1 saturated carbocycles. The number of fused-ring (bicyclic) bond motifs is 1. The van der Waals surface area contributed by atoms with Crippen LogP contribution in [0.1, 0.15) is 55.7 Å². The van der Waals surface area contributed by atoms with Crippen molar-refractivity contribution in [1.82, 2.24) is 4.90 Å². The summed E-state index contributed by atoms with van der Waals surface area (Å²) in [5.41, 5.74) is 2.91. The number of rotatable bonds is 5. The second-order valence-corrected chi connectivity index (χ2v) is 8.10. The largest absolute Gasteiger partial charge is 0.464 e. The van der Waals surface area contributed by atoms with E-state index in [0.29, 0.717) is 12.8 Å². The Morgan fingerprint density at radius 2 is 1.90 bits per heavy atom. The number of likely N-dealkylation sites (N-methyl/N-ethyl adjacent to an activating group) is 1. The Balaban J connectivity index is 1.67. The summed E-state index contributed by atoms with van der Waals surface area (Å²) >= 11 is 0. The zero-order valence-electron chi connectivity index (χ0n) is 17.6. The monoisotopic (exact) mass is 396 g/mol. The number of amides is 1. The number of hydrogen-bond acceptors (Lipinski definition) is 5. The molecule has 1 aliphatic carbocycles. The molecule has 6 heteroatoms. The average Bonchev–Trinajstić information content (AvgIpc) is 3.08. The molecule has 1 amide bonds. The summed E-state index contributed by atoms with van der Waals surface area (Å²) < 4.78 is 11.0. The Morgan fingerprint density at radius 1 is 1.24 bits per heavy atom. The minimum Gasteiger partial charge on any atom is -0.464 e. The van der Waals surface area contributed by atoms with Crippen LogP contribution in [0.15, 0.2) is 22.8 Å². The van der Waals surface area contributed by atoms with Crippen LogP contribution in [0, 0.1) is 25.2 Å². The summed E-state index contributed by atoms with van der Waals surface area (Å²) in [6, 6.07) is 6.27. The molecule has 1 fully saturated rings. The van der Waals surface area contributed by atoms with Gasteiger partial charge in [0.25, 0.3) is 5.91 Å². The highest BCUT2D eigenvalue weighted by molar-refractivity contribution is 5.88. The lowest BCUT2D eigenvalue weighted by molar-refractivity contribution is -0.160. The van der Waals surface area contributed by atoms with Gasteiger partial charge in [-0.3, -0.25) is 9.59 Å². The van der Waals surface area contributed by atoms with E-state index in [0.717, 1.165) is 46.9 Å². The van der Waals surface area contributed by atoms with Crippen molar-refractivity contribution >= 4 is 22.8 Å². The Bertz CT molecular complexity index is 963. The van der Waals surface area contributed by atoms with Gasteiger partial charge in [-0.1, -0.05) is 19.3 Å². The summed E-state index contributed by atoms with van der Waals surface area (Å²) in [6.07, 6.45) is 4.89. The van der Waals surface area contributed by atoms with Crippen LogP contribution in [-0.2, 0) is 20.7 Å². The van der Waals surface area contributed by atoms with Crippen molar-refractivity contribution in [3.8, 4) is 6.07 Å². The Kier molecular flexibility index (Phi) is 5.97. The first-order valence-electron chi connectivity index (χ1n) is 10.1. The van der Waals surface area contributed by atoms with E-state index in [2.05, 4.69) is 6.07 Å². The number of nitrogens with zero attached hydrogens (tertiary/aromatic N) is 2. The van der Waals surface area contributed by atoms with Crippen LogP contribution in [0.4, 0.5) is 0 Å². The molecule has 0 saturated heterocycles. The Morgan fingerprint density at radius 3 is 2.55 bits per heavy atom. The SMILES string of the molecule is Cc1cc2occ(CC(=O)O[C@H](C)C(=O)N(C)C3(C#N)CCCCC3)c2cc1C. The fraction of sp³-hybridized carbons (Fsp3) is 0.522. The molecule has 29 heavy (non-hydrogen) atoms. The number of benzene rings is 1. The number of nitriles is 1. The van der Waals surface area contributed by atoms with E-state index in [1.807, 2.05) is 26.0 Å². The molecule has 0 aliphatic heterocycles. The second kappa shape index (κ2) is 8.28. The average molecular weight is 396 g/mol. The smallest absolute Gasteiger partial charge is 0.311 e. The molecule has 1 aromatic carbocycles. The van der Waals surface area contributed by atoms with Crippen LogP contribution < -0.4 is 0 Å². The molecule has 3 rings (SSSR count). The number of furan rings is 1. The first kappa shape index (κ1) is 20.9. The van der Waals surface area contributed by atoms with E-state index in [9.17, 15) is 14.9 Å². The van der Waals surface area contributed by atoms with Gasteiger partial charge in [-0.25, -0.2) is 0 Å². The molecule has 2 aromatic rings. The lowest BCUT2D eigenvalue weighted by Gasteiger charge is -2.39. The zero-order chi connectivity index (χ0) is 21.2. The number of hydrogen-bond donors (Lipinski definition) is 0. The second-order valence-electron chi connectivity index (χ2n) is 8.10. The number of esters is 1. The van der Waals surface area contributed by atoms with Gasteiger partial charge in [0.2, 0.25) is 0 Å². The highest BCUT2D eigenvalue weighted by atomic mass is 16.5. The minimum absolute atomic E-state index is 0.0280. The van der Waals surface area contributed by atoms with Crippen molar-refractivity contribution in [1.29, 1.82) is 5.26 Å². The fourth-order valence-corrected chi connectivity index (χ4v) is 4.06. The van der Waals surface area contributed by atoms with Crippen molar-refractivity contribution in [3.05, 3.63) is 35.1 Å². The third-order valence-corrected chi connectivity index (χ3v) is 6.12. The predicted octanol–water partition coefficient (Wildman–Crippen LogP) is 4.21. The molecule has 6 nitrogen and oxygen atoms in total. The quantitative estimate of drug-likeness (QED) is 0.707. The van der Waals surface area contributed by atoms with Crippen molar-refractivity contribution in [2.45, 2.75) is 70.9 Å². The highest BCUT2D eigenvalue weighted by Gasteiger charge is 2.40. The molecule has 1 aliphatic rings. The van der Waals surface area contributed by atoms with Crippen LogP contribution in [0.5, 0.6) is 0 Å². The number of carbonyl (C=O) groups excluding carboxylic acids is 2. The van der Waals surface area contributed by atoms with E-state index in [4.69, 9.17) is 9.15 Å². The van der Waals surface area contributed by atoms with Gasteiger partial charge in [0, 0.05) is 18.0 Å². The van der Waals surface area contributed by atoms with Gasteiger partial charge >= 0.3 is 5.97 Å². The Hall–Kier alpha value is -2.81. The van der Waals surface area contributed by atoms with Gasteiger partial charge in [0.05, 0.1) is 18.8 Å². The van der Waals surface area contributed by atoms with Crippen LogP contribution in [0.25, 0.3) is 11.0 Å². The normalized spacial score (nSPS) is 16.8. The molecule has 1 atom stereocenters. The van der Waals surface area contributed by atoms with Gasteiger partial charge in [-0.2, -0.15) is 5.26 Å². The van der Waals surface area contributed by atoms with E-state index < -0.39 is 17.6 Å². The first-order valence-corrected chi connectivity index (χ1v) is 10.1. The van der Waals surface area contributed by atoms with Gasteiger partial charge in [0.15, 0.2) is 6.10 Å². The van der Waals surface area contributed by atoms with Gasteiger partial charge in [0.1, 0.15) is 11.1 Å². The zero-order valence-corrected chi connectivity index (χ0v) is 17.6. The van der Waals surface area contributed by atoms with Crippen LogP contribution in [0.2, 0.25) is 0 Å². The molecule has 0 spiro atoms. The standard InChI is InChI=1S/C23H28N2O4/c1-15-10-19-18(13-28-20(19)11-16(15)2)12-21(26)29-17(3)22(27)25(4)23(14-24)8-6-5-7-9-23/h10-11,13,17H,5-9,12H2,1-4H3/t17-/m1/s1. The lowest BCUT2D eigenvalue weighted by Crippen LogP contribution is -2.53. The molecular weight excluding hydrogens is 368 g/mol. The van der Waals surface area contributed by atoms with E-state index >= 15 is 0 Å². The summed E-state index contributed by atoms with van der Waals surface area (Å²) in [5, 5.41) is 10.6. The topological polar surface area (TPSA) is 83.5 Å². The maximum absolute atomic E-state index is 12.8. The van der Waals surface area contributed by atoms with Gasteiger partial charge in [-0.05, 0) is 56.9 Å². The van der Waals surface area contributed by atoms with Crippen molar-refractivity contribution in [2.75, 3.05) is 7.05 Å². The molecular formula is C23H28N2O4. The third-order valence-electron chi connectivity index (χ3n) is 6.12. The Labute approximate surface area is 171 Å². The van der Waals surface area contributed by atoms with Crippen LogP contribution in [-0.4, -0.2) is 35.5 Å². The fourth-order valence-electron chi connectivity index (χ4n) is 4.06. The van der Waals surface area contributed by atoms with Crippen LogP contribution >= 0.6 is 0 Å². The van der Waals surface area contributed by atoms with Crippen LogP contribution in [0.3, 0.4) is 0 Å². The molecule has 0 unspecified atom stereocenters. The predicted molar refractivity (Wildman–Crippen MR) is 109 cm³/mol. The minimum atomic E-state index is -0.943. The van der Waals surface area contributed by atoms with Crippen molar-refractivity contribution in [3.63, 3.8) is 0 Å². The molecule has 0 N–H and O–H groups in total. The summed E-state index contributed by atoms with van der Waals surface area (Å²) in [7, 11) is 1.63. The van der Waals surface area contributed by atoms with Crippen molar-refractivity contribution in [2.24, 2.45) is 0 Å². The maximum atomic E-state index is 12.8. The van der Waals surface area contributed by atoms with E-state index in [1.54, 1.807) is 20.2 Å². The number of ether oxygens (including phenoxy) is 1. The molecule has 1 aromatic heterocycles. The first-order chi connectivity index (χ1) is 13.8. The summed E-state index contributed by atoms with van der Waals surface area (Å²) in [6.45, 7) is 5.58.